The Kier molecular flexibility index (Phi) is 6.66. The summed E-state index contributed by atoms with van der Waals surface area (Å²) in [5.74, 6) is 1.42. The molecule has 3 rings (SSSR count). The van der Waals surface area contributed by atoms with E-state index in [-0.39, 0.29) is 5.78 Å². The Morgan fingerprint density at radius 3 is 2.82 bits per heavy atom. The third-order valence-corrected chi connectivity index (χ3v) is 4.66. The molecule has 0 amide bonds. The summed E-state index contributed by atoms with van der Waals surface area (Å²) in [4.78, 5) is 12.3. The predicted octanol–water partition coefficient (Wildman–Crippen LogP) is 5.15. The van der Waals surface area contributed by atoms with Crippen LogP contribution in [-0.2, 0) is 13.2 Å². The van der Waals surface area contributed by atoms with Crippen LogP contribution >= 0.6 is 15.9 Å². The lowest BCUT2D eigenvalue weighted by atomic mass is 10.1. The average Bonchev–Trinajstić information content (AvgIpc) is 3.20. The minimum Gasteiger partial charge on any atom is -0.496 e. The molecule has 0 aliphatic heterocycles. The van der Waals surface area contributed by atoms with Crippen LogP contribution in [0.3, 0.4) is 0 Å². The van der Waals surface area contributed by atoms with Gasteiger partial charge in [0, 0.05) is 22.8 Å². The van der Waals surface area contributed by atoms with Crippen LogP contribution in [0.15, 0.2) is 65.4 Å². The van der Waals surface area contributed by atoms with Gasteiger partial charge in [0.25, 0.3) is 0 Å². The number of rotatable bonds is 8. The number of benzene rings is 2. The second-order valence-corrected chi connectivity index (χ2v) is 7.02. The number of halogens is 1. The molecule has 6 heteroatoms. The lowest BCUT2D eigenvalue weighted by molar-refractivity contribution is 0.104. The van der Waals surface area contributed by atoms with Gasteiger partial charge in [0.05, 0.1) is 18.9 Å². The summed E-state index contributed by atoms with van der Waals surface area (Å²) in [6, 6.07) is 13.4. The van der Waals surface area contributed by atoms with Gasteiger partial charge in [0.15, 0.2) is 5.78 Å². The lowest BCUT2D eigenvalue weighted by Crippen LogP contribution is -1.99. The maximum Gasteiger partial charge on any atom is 0.189 e. The zero-order valence-corrected chi connectivity index (χ0v) is 17.3. The SMILES string of the molecule is CCn1cc(C(=O)/C=C/c2ccc(OC)c(COc3cccc(Br)c3)c2)cn1. The van der Waals surface area contributed by atoms with Crippen LogP contribution in [0.25, 0.3) is 6.08 Å². The average molecular weight is 441 g/mol. The van der Waals surface area contributed by atoms with Crippen LogP contribution in [0, 0.1) is 0 Å². The number of methoxy groups -OCH3 is 1. The molecule has 28 heavy (non-hydrogen) atoms. The van der Waals surface area contributed by atoms with E-state index in [1.807, 2.05) is 49.4 Å². The minimum atomic E-state index is -0.0811. The monoisotopic (exact) mass is 440 g/mol. The Bertz CT molecular complexity index is 995. The highest BCUT2D eigenvalue weighted by molar-refractivity contribution is 9.10. The maximum absolute atomic E-state index is 12.3. The van der Waals surface area contributed by atoms with E-state index >= 15 is 0 Å². The van der Waals surface area contributed by atoms with Gasteiger partial charge in [0.1, 0.15) is 18.1 Å². The van der Waals surface area contributed by atoms with Crippen LogP contribution in [0.1, 0.15) is 28.4 Å². The molecule has 0 fully saturated rings. The van der Waals surface area contributed by atoms with E-state index in [1.54, 1.807) is 36.3 Å². The van der Waals surface area contributed by atoms with Crippen molar-refractivity contribution in [3.63, 3.8) is 0 Å². The van der Waals surface area contributed by atoms with Crippen molar-refractivity contribution in [2.75, 3.05) is 7.11 Å². The van der Waals surface area contributed by atoms with E-state index in [0.29, 0.717) is 12.2 Å². The highest BCUT2D eigenvalue weighted by Gasteiger charge is 2.07. The third kappa shape index (κ3) is 5.10. The Hall–Kier alpha value is -2.86. The first-order chi connectivity index (χ1) is 13.6. The molecule has 0 unspecified atom stereocenters. The molecule has 5 nitrogen and oxygen atoms in total. The standard InChI is InChI=1S/C22H21BrN2O3/c1-3-25-14-18(13-24-25)21(26)9-7-16-8-10-22(27-2)17(11-16)15-28-20-6-4-5-19(23)12-20/h4-14H,3,15H2,1-2H3/b9-7+. The molecule has 144 valence electrons. The number of allylic oxidation sites excluding steroid dienone is 1. The third-order valence-electron chi connectivity index (χ3n) is 4.16. The molecule has 0 bridgehead atoms. The van der Waals surface area contributed by atoms with Gasteiger partial charge in [-0.3, -0.25) is 9.48 Å². The number of ketones is 1. The first kappa shape index (κ1) is 19.9. The van der Waals surface area contributed by atoms with E-state index in [9.17, 15) is 4.79 Å². The topological polar surface area (TPSA) is 53.4 Å². The van der Waals surface area contributed by atoms with E-state index in [0.717, 1.165) is 33.6 Å². The quantitative estimate of drug-likeness (QED) is 0.359. The number of aryl methyl sites for hydroxylation is 1. The summed E-state index contributed by atoms with van der Waals surface area (Å²) in [5, 5.41) is 4.13. The van der Waals surface area contributed by atoms with E-state index in [2.05, 4.69) is 21.0 Å². The summed E-state index contributed by atoms with van der Waals surface area (Å²) < 4.78 is 14.0. The van der Waals surface area contributed by atoms with Crippen molar-refractivity contribution < 1.29 is 14.3 Å². The van der Waals surface area contributed by atoms with E-state index in [4.69, 9.17) is 9.47 Å². The van der Waals surface area contributed by atoms with Crippen molar-refractivity contribution in [1.82, 2.24) is 9.78 Å². The molecule has 0 aliphatic carbocycles. The van der Waals surface area contributed by atoms with Crippen LogP contribution in [0.5, 0.6) is 11.5 Å². The van der Waals surface area contributed by atoms with Crippen LogP contribution in [0.2, 0.25) is 0 Å². The number of nitrogens with zero attached hydrogens (tertiary/aromatic N) is 2. The van der Waals surface area contributed by atoms with Crippen molar-refractivity contribution in [2.45, 2.75) is 20.1 Å². The van der Waals surface area contributed by atoms with Gasteiger partial charge in [-0.2, -0.15) is 5.10 Å². The van der Waals surface area contributed by atoms with Gasteiger partial charge in [0.2, 0.25) is 0 Å². The molecule has 0 saturated carbocycles. The fourth-order valence-corrected chi connectivity index (χ4v) is 3.04. The highest BCUT2D eigenvalue weighted by Crippen LogP contribution is 2.24. The fourth-order valence-electron chi connectivity index (χ4n) is 2.66. The highest BCUT2D eigenvalue weighted by atomic mass is 79.9. The summed E-state index contributed by atoms with van der Waals surface area (Å²) >= 11 is 3.44. The number of carbonyl (C=O) groups is 1. The molecule has 0 radical (unpaired) electrons. The Morgan fingerprint density at radius 2 is 2.11 bits per heavy atom. The number of ether oxygens (including phenoxy) is 2. The van der Waals surface area contributed by atoms with Crippen LogP contribution in [-0.4, -0.2) is 22.7 Å². The first-order valence-corrected chi connectivity index (χ1v) is 9.68. The summed E-state index contributed by atoms with van der Waals surface area (Å²) in [5.41, 5.74) is 2.37. The summed E-state index contributed by atoms with van der Waals surface area (Å²) in [6.45, 7) is 3.07. The van der Waals surface area contributed by atoms with Crippen molar-refractivity contribution in [2.24, 2.45) is 0 Å². The molecule has 0 saturated heterocycles. The Balaban J connectivity index is 1.73. The molecule has 0 aliphatic rings. The van der Waals surface area contributed by atoms with Gasteiger partial charge in [-0.05, 0) is 48.9 Å². The number of aromatic nitrogens is 2. The Labute approximate surface area is 172 Å². The molecule has 1 heterocycles. The number of hydrogen-bond donors (Lipinski definition) is 0. The molecule has 0 N–H and O–H groups in total. The second kappa shape index (κ2) is 9.37. The molecular formula is C22H21BrN2O3. The Morgan fingerprint density at radius 1 is 1.25 bits per heavy atom. The van der Waals surface area contributed by atoms with Gasteiger partial charge in [-0.1, -0.05) is 34.1 Å². The molecule has 1 aromatic heterocycles. The van der Waals surface area contributed by atoms with Gasteiger partial charge >= 0.3 is 0 Å². The molecule has 0 spiro atoms. The van der Waals surface area contributed by atoms with Crippen molar-refractivity contribution in [3.05, 3.63) is 82.1 Å². The molecule has 2 aromatic carbocycles. The van der Waals surface area contributed by atoms with E-state index < -0.39 is 0 Å². The largest absolute Gasteiger partial charge is 0.496 e. The number of carbonyl (C=O) groups excluding carboxylic acids is 1. The minimum absolute atomic E-state index is 0.0811. The summed E-state index contributed by atoms with van der Waals surface area (Å²) in [7, 11) is 1.63. The summed E-state index contributed by atoms with van der Waals surface area (Å²) in [6.07, 6.45) is 6.67. The van der Waals surface area contributed by atoms with Crippen LogP contribution in [0.4, 0.5) is 0 Å². The van der Waals surface area contributed by atoms with Crippen molar-refractivity contribution in [1.29, 1.82) is 0 Å². The van der Waals surface area contributed by atoms with E-state index in [1.165, 1.54) is 0 Å². The zero-order valence-electron chi connectivity index (χ0n) is 15.8. The first-order valence-electron chi connectivity index (χ1n) is 8.89. The van der Waals surface area contributed by atoms with Gasteiger partial charge < -0.3 is 9.47 Å². The predicted molar refractivity (Wildman–Crippen MR) is 113 cm³/mol. The number of hydrogen-bond acceptors (Lipinski definition) is 4. The molecule has 0 atom stereocenters. The molecular weight excluding hydrogens is 420 g/mol. The fraction of sp³-hybridized carbons (Fsp3) is 0.182. The maximum atomic E-state index is 12.3. The van der Waals surface area contributed by atoms with Crippen LogP contribution < -0.4 is 9.47 Å². The van der Waals surface area contributed by atoms with Gasteiger partial charge in [-0.15, -0.1) is 0 Å². The second-order valence-electron chi connectivity index (χ2n) is 6.10. The van der Waals surface area contributed by atoms with Gasteiger partial charge in [-0.25, -0.2) is 0 Å². The lowest BCUT2D eigenvalue weighted by Gasteiger charge is -2.11. The van der Waals surface area contributed by atoms with Crippen molar-refractivity contribution >= 4 is 27.8 Å². The smallest absolute Gasteiger partial charge is 0.189 e. The normalized spacial score (nSPS) is 11.0. The molecule has 3 aromatic rings. The zero-order chi connectivity index (χ0) is 19.9. The van der Waals surface area contributed by atoms with Crippen molar-refractivity contribution in [3.8, 4) is 11.5 Å².